The number of carbonyl (C=O) groups is 1. The molecule has 0 spiro atoms. The molecule has 7 heteroatoms. The highest BCUT2D eigenvalue weighted by atomic mass is 19.1. The minimum Gasteiger partial charge on any atom is -0.377 e. The number of nitrogens with one attached hydrogen (secondary N) is 1. The summed E-state index contributed by atoms with van der Waals surface area (Å²) in [5.41, 5.74) is 1.13. The van der Waals surface area contributed by atoms with E-state index >= 15 is 0 Å². The molecule has 0 bridgehead atoms. The molecule has 3 aliphatic heterocycles. The Balaban J connectivity index is 1.14. The summed E-state index contributed by atoms with van der Waals surface area (Å²) < 4.78 is 18.8. The fourth-order valence-electron chi connectivity index (χ4n) is 4.56. The molecule has 0 aliphatic carbocycles. The van der Waals surface area contributed by atoms with Gasteiger partial charge in [-0.2, -0.15) is 0 Å². The van der Waals surface area contributed by atoms with Gasteiger partial charge in [0.15, 0.2) is 0 Å². The number of amides is 2. The molecule has 1 unspecified atom stereocenters. The number of hydrogen-bond acceptors (Lipinski definition) is 4. The van der Waals surface area contributed by atoms with Crippen molar-refractivity contribution in [1.29, 1.82) is 0 Å². The topological polar surface area (TPSA) is 48.1 Å². The first kappa shape index (κ1) is 20.6. The van der Waals surface area contributed by atoms with E-state index in [4.69, 9.17) is 4.74 Å². The molecular weight excluding hydrogens is 371 g/mol. The normalized spacial score (nSPS) is 24.7. The molecule has 2 amide bonds. The van der Waals surface area contributed by atoms with Crippen molar-refractivity contribution in [2.24, 2.45) is 0 Å². The van der Waals surface area contributed by atoms with Gasteiger partial charge in [-0.1, -0.05) is 12.1 Å². The fraction of sp³-hybridized carbons (Fsp3) is 0.682. The number of halogens is 1. The smallest absolute Gasteiger partial charge is 0.317 e. The second kappa shape index (κ2) is 9.87. The van der Waals surface area contributed by atoms with E-state index in [0.29, 0.717) is 6.10 Å². The van der Waals surface area contributed by atoms with Gasteiger partial charge >= 0.3 is 6.03 Å². The lowest BCUT2D eigenvalue weighted by Gasteiger charge is -2.37. The molecular formula is C22H33FN4O2. The fourth-order valence-corrected chi connectivity index (χ4v) is 4.56. The van der Waals surface area contributed by atoms with Gasteiger partial charge in [-0.05, 0) is 43.4 Å². The van der Waals surface area contributed by atoms with Crippen molar-refractivity contribution in [1.82, 2.24) is 20.0 Å². The highest BCUT2D eigenvalue weighted by molar-refractivity contribution is 5.74. The Morgan fingerprint density at radius 2 is 1.72 bits per heavy atom. The van der Waals surface area contributed by atoms with Gasteiger partial charge in [-0.25, -0.2) is 9.18 Å². The van der Waals surface area contributed by atoms with E-state index in [-0.39, 0.29) is 17.9 Å². The van der Waals surface area contributed by atoms with Crippen LogP contribution in [-0.2, 0) is 11.3 Å². The van der Waals surface area contributed by atoms with Crippen molar-refractivity contribution in [3.05, 3.63) is 35.6 Å². The van der Waals surface area contributed by atoms with Crippen LogP contribution >= 0.6 is 0 Å². The summed E-state index contributed by atoms with van der Waals surface area (Å²) in [6.07, 6.45) is 4.66. The Bertz CT molecular complexity index is 649. The van der Waals surface area contributed by atoms with Gasteiger partial charge < -0.3 is 15.0 Å². The Hall–Kier alpha value is -1.70. The quantitative estimate of drug-likeness (QED) is 0.818. The zero-order valence-electron chi connectivity index (χ0n) is 17.2. The van der Waals surface area contributed by atoms with Crippen molar-refractivity contribution in [2.45, 2.75) is 44.4 Å². The van der Waals surface area contributed by atoms with Crippen LogP contribution in [0.1, 0.15) is 31.2 Å². The Labute approximate surface area is 173 Å². The molecule has 1 aromatic carbocycles. The number of likely N-dealkylation sites (tertiary alicyclic amines) is 1. The van der Waals surface area contributed by atoms with E-state index in [2.05, 4.69) is 15.1 Å². The van der Waals surface area contributed by atoms with Gasteiger partial charge in [0.05, 0.1) is 6.10 Å². The zero-order valence-corrected chi connectivity index (χ0v) is 17.2. The summed E-state index contributed by atoms with van der Waals surface area (Å²) in [6, 6.07) is 7.06. The second-order valence-corrected chi connectivity index (χ2v) is 8.55. The molecule has 3 saturated heterocycles. The van der Waals surface area contributed by atoms with Crippen LogP contribution in [0.15, 0.2) is 24.3 Å². The number of benzene rings is 1. The van der Waals surface area contributed by atoms with E-state index in [1.54, 1.807) is 0 Å². The molecule has 4 rings (SSSR count). The van der Waals surface area contributed by atoms with Crippen LogP contribution in [0.4, 0.5) is 9.18 Å². The second-order valence-electron chi connectivity index (χ2n) is 8.55. The van der Waals surface area contributed by atoms with Crippen LogP contribution in [0.5, 0.6) is 0 Å². The minimum absolute atomic E-state index is 0.0822. The number of ether oxygens (including phenoxy) is 1. The van der Waals surface area contributed by atoms with Crippen LogP contribution < -0.4 is 5.32 Å². The molecule has 160 valence electrons. The van der Waals surface area contributed by atoms with E-state index in [9.17, 15) is 9.18 Å². The number of nitrogens with zero attached hydrogens (tertiary/aromatic N) is 3. The molecule has 0 radical (unpaired) electrons. The predicted molar refractivity (Wildman–Crippen MR) is 110 cm³/mol. The van der Waals surface area contributed by atoms with Crippen LogP contribution in [0.3, 0.4) is 0 Å². The monoisotopic (exact) mass is 404 g/mol. The van der Waals surface area contributed by atoms with Crippen molar-refractivity contribution in [3.8, 4) is 0 Å². The Morgan fingerprint density at radius 1 is 1.00 bits per heavy atom. The van der Waals surface area contributed by atoms with Crippen molar-refractivity contribution >= 4 is 6.03 Å². The SMILES string of the molecule is O=C(NC1CCN(Cc2ccc(F)cc2)CC1)N1CCN(CC2CCCO2)CC1. The predicted octanol–water partition coefficient (Wildman–Crippen LogP) is 2.30. The average Bonchev–Trinajstić information content (AvgIpc) is 3.25. The lowest BCUT2D eigenvalue weighted by molar-refractivity contribution is 0.0555. The van der Waals surface area contributed by atoms with Gasteiger partial charge in [0.1, 0.15) is 5.82 Å². The number of piperazine rings is 1. The minimum atomic E-state index is -0.192. The van der Waals surface area contributed by atoms with E-state index in [1.165, 1.54) is 25.0 Å². The van der Waals surface area contributed by atoms with E-state index in [0.717, 1.165) is 77.4 Å². The van der Waals surface area contributed by atoms with E-state index < -0.39 is 0 Å². The first-order valence-corrected chi connectivity index (χ1v) is 11.0. The zero-order chi connectivity index (χ0) is 20.1. The summed E-state index contributed by atoms with van der Waals surface area (Å²) in [5.74, 6) is -0.192. The van der Waals surface area contributed by atoms with Gasteiger partial charge in [-0.15, -0.1) is 0 Å². The molecule has 29 heavy (non-hydrogen) atoms. The third kappa shape index (κ3) is 5.90. The van der Waals surface area contributed by atoms with Crippen LogP contribution in [0.2, 0.25) is 0 Å². The van der Waals surface area contributed by atoms with Gasteiger partial charge in [0, 0.05) is 65.0 Å². The van der Waals surface area contributed by atoms with Gasteiger partial charge in [0.2, 0.25) is 0 Å². The highest BCUT2D eigenvalue weighted by Crippen LogP contribution is 2.16. The molecule has 1 N–H and O–H groups in total. The summed E-state index contributed by atoms with van der Waals surface area (Å²) in [4.78, 5) is 19.4. The molecule has 6 nitrogen and oxygen atoms in total. The molecule has 3 heterocycles. The number of rotatable bonds is 5. The third-order valence-electron chi connectivity index (χ3n) is 6.38. The van der Waals surface area contributed by atoms with Crippen molar-refractivity contribution in [2.75, 3.05) is 52.4 Å². The van der Waals surface area contributed by atoms with Crippen LogP contribution in [-0.4, -0.2) is 85.3 Å². The lowest BCUT2D eigenvalue weighted by atomic mass is 10.0. The summed E-state index contributed by atoms with van der Waals surface area (Å²) in [7, 11) is 0. The number of urea groups is 1. The lowest BCUT2D eigenvalue weighted by Crippen LogP contribution is -2.55. The maximum Gasteiger partial charge on any atom is 0.317 e. The molecule has 0 aromatic heterocycles. The number of hydrogen-bond donors (Lipinski definition) is 1. The summed E-state index contributed by atoms with van der Waals surface area (Å²) in [6.45, 7) is 8.11. The number of piperidine rings is 1. The maximum atomic E-state index is 13.0. The van der Waals surface area contributed by atoms with Crippen molar-refractivity contribution in [3.63, 3.8) is 0 Å². The third-order valence-corrected chi connectivity index (χ3v) is 6.38. The van der Waals surface area contributed by atoms with Crippen LogP contribution in [0, 0.1) is 5.82 Å². The number of carbonyl (C=O) groups excluding carboxylic acids is 1. The summed E-state index contributed by atoms with van der Waals surface area (Å²) >= 11 is 0. The Kier molecular flexibility index (Phi) is 7.00. The first-order valence-electron chi connectivity index (χ1n) is 11.0. The molecule has 3 fully saturated rings. The van der Waals surface area contributed by atoms with Gasteiger partial charge in [0.25, 0.3) is 0 Å². The molecule has 0 saturated carbocycles. The van der Waals surface area contributed by atoms with Crippen molar-refractivity contribution < 1.29 is 13.9 Å². The molecule has 3 aliphatic rings. The molecule has 1 aromatic rings. The van der Waals surface area contributed by atoms with Crippen LogP contribution in [0.25, 0.3) is 0 Å². The highest BCUT2D eigenvalue weighted by Gasteiger charge is 2.27. The molecule has 1 atom stereocenters. The maximum absolute atomic E-state index is 13.0. The Morgan fingerprint density at radius 3 is 2.38 bits per heavy atom. The summed E-state index contributed by atoms with van der Waals surface area (Å²) in [5, 5.41) is 3.24. The van der Waals surface area contributed by atoms with Gasteiger partial charge in [-0.3, -0.25) is 9.80 Å². The first-order chi connectivity index (χ1) is 14.2. The average molecular weight is 405 g/mol. The standard InChI is InChI=1S/C22H33FN4O2/c23-19-5-3-18(4-6-19)16-25-9-7-20(8-10-25)24-22(28)27-13-11-26(12-14-27)17-21-2-1-15-29-21/h3-6,20-21H,1-2,7-17H2,(H,24,28). The van der Waals surface area contributed by atoms with E-state index in [1.807, 2.05) is 17.0 Å². The largest absolute Gasteiger partial charge is 0.377 e.